The standard InChI is InChI=1S/C23H16N2O/c26-16-19-13-7-8-14-20(19)22-15-21(17-9-3-1-4-10-17)24-23(25-22)18-11-5-2-6-12-18/h1-16H. The third-order valence-electron chi connectivity index (χ3n) is 4.19. The molecule has 0 atom stereocenters. The average Bonchev–Trinajstić information content (AvgIpc) is 2.74. The number of carbonyl (C=O) groups excluding carboxylic acids is 1. The maximum absolute atomic E-state index is 11.5. The van der Waals surface area contributed by atoms with E-state index in [1.54, 1.807) is 6.07 Å². The number of aldehydes is 1. The van der Waals surface area contributed by atoms with E-state index < -0.39 is 0 Å². The van der Waals surface area contributed by atoms with Crippen molar-refractivity contribution in [3.63, 3.8) is 0 Å². The maximum atomic E-state index is 11.5. The summed E-state index contributed by atoms with van der Waals surface area (Å²) >= 11 is 0. The lowest BCUT2D eigenvalue weighted by Gasteiger charge is -2.10. The van der Waals surface area contributed by atoms with Crippen LogP contribution in [0.4, 0.5) is 0 Å². The van der Waals surface area contributed by atoms with Crippen LogP contribution in [0, 0.1) is 0 Å². The van der Waals surface area contributed by atoms with Crippen molar-refractivity contribution in [3.8, 4) is 33.9 Å². The molecule has 4 rings (SSSR count). The molecule has 0 saturated carbocycles. The highest BCUT2D eigenvalue weighted by Gasteiger charge is 2.12. The van der Waals surface area contributed by atoms with Gasteiger partial charge in [-0.25, -0.2) is 9.97 Å². The minimum atomic E-state index is 0.615. The van der Waals surface area contributed by atoms with E-state index >= 15 is 0 Å². The molecule has 0 fully saturated rings. The molecule has 3 heteroatoms. The Morgan fingerprint density at radius 3 is 1.88 bits per heavy atom. The lowest BCUT2D eigenvalue weighted by molar-refractivity contribution is 0.112. The fourth-order valence-electron chi connectivity index (χ4n) is 2.89. The molecule has 0 aliphatic carbocycles. The van der Waals surface area contributed by atoms with Crippen LogP contribution in [-0.2, 0) is 0 Å². The minimum absolute atomic E-state index is 0.615. The summed E-state index contributed by atoms with van der Waals surface area (Å²) in [5.74, 6) is 0.641. The van der Waals surface area contributed by atoms with Crippen molar-refractivity contribution in [1.82, 2.24) is 9.97 Å². The van der Waals surface area contributed by atoms with E-state index in [0.29, 0.717) is 11.4 Å². The number of hydrogen-bond donors (Lipinski definition) is 0. The van der Waals surface area contributed by atoms with Crippen molar-refractivity contribution in [3.05, 3.63) is 96.6 Å². The number of carbonyl (C=O) groups is 1. The van der Waals surface area contributed by atoms with Crippen LogP contribution in [0.25, 0.3) is 33.9 Å². The first-order chi connectivity index (χ1) is 12.8. The predicted octanol–water partition coefficient (Wildman–Crippen LogP) is 5.29. The molecule has 3 nitrogen and oxygen atoms in total. The first-order valence-electron chi connectivity index (χ1n) is 8.39. The lowest BCUT2D eigenvalue weighted by atomic mass is 10.0. The van der Waals surface area contributed by atoms with Crippen LogP contribution in [0.2, 0.25) is 0 Å². The third-order valence-corrected chi connectivity index (χ3v) is 4.19. The maximum Gasteiger partial charge on any atom is 0.160 e. The van der Waals surface area contributed by atoms with Gasteiger partial charge in [0.25, 0.3) is 0 Å². The highest BCUT2D eigenvalue weighted by molar-refractivity contribution is 5.87. The molecule has 0 aliphatic rings. The predicted molar refractivity (Wildman–Crippen MR) is 104 cm³/mol. The Bertz CT molecular complexity index is 986. The van der Waals surface area contributed by atoms with E-state index in [1.807, 2.05) is 84.9 Å². The van der Waals surface area contributed by atoms with Gasteiger partial charge >= 0.3 is 0 Å². The van der Waals surface area contributed by atoms with Gasteiger partial charge in [0.05, 0.1) is 11.4 Å². The van der Waals surface area contributed by atoms with Gasteiger partial charge in [-0.3, -0.25) is 4.79 Å². The van der Waals surface area contributed by atoms with Crippen molar-refractivity contribution in [1.29, 1.82) is 0 Å². The van der Waals surface area contributed by atoms with E-state index in [-0.39, 0.29) is 0 Å². The second-order valence-electron chi connectivity index (χ2n) is 5.90. The van der Waals surface area contributed by atoms with E-state index in [2.05, 4.69) is 0 Å². The van der Waals surface area contributed by atoms with Gasteiger partial charge in [0, 0.05) is 22.3 Å². The Kier molecular flexibility index (Phi) is 4.35. The first kappa shape index (κ1) is 15.9. The Labute approximate surface area is 152 Å². The second-order valence-corrected chi connectivity index (χ2v) is 5.90. The van der Waals surface area contributed by atoms with Gasteiger partial charge in [0.15, 0.2) is 12.1 Å². The zero-order valence-electron chi connectivity index (χ0n) is 14.0. The molecule has 0 radical (unpaired) electrons. The van der Waals surface area contributed by atoms with Gasteiger partial charge in [-0.15, -0.1) is 0 Å². The molecule has 1 aromatic heterocycles. The van der Waals surface area contributed by atoms with Crippen LogP contribution in [0.1, 0.15) is 10.4 Å². The smallest absolute Gasteiger partial charge is 0.160 e. The Balaban J connectivity index is 1.95. The van der Waals surface area contributed by atoms with Crippen LogP contribution >= 0.6 is 0 Å². The first-order valence-corrected chi connectivity index (χ1v) is 8.39. The molecule has 0 spiro atoms. The summed E-state index contributed by atoms with van der Waals surface area (Å²) in [6.45, 7) is 0. The normalized spacial score (nSPS) is 10.5. The molecule has 1 heterocycles. The minimum Gasteiger partial charge on any atom is -0.298 e. The van der Waals surface area contributed by atoms with Gasteiger partial charge in [0.2, 0.25) is 0 Å². The van der Waals surface area contributed by atoms with Crippen molar-refractivity contribution < 1.29 is 4.79 Å². The van der Waals surface area contributed by atoms with Crippen molar-refractivity contribution in [2.75, 3.05) is 0 Å². The summed E-state index contributed by atoms with van der Waals surface area (Å²) in [5, 5.41) is 0. The van der Waals surface area contributed by atoms with Crippen molar-refractivity contribution in [2.24, 2.45) is 0 Å². The zero-order chi connectivity index (χ0) is 17.8. The van der Waals surface area contributed by atoms with E-state index in [1.165, 1.54) is 0 Å². The van der Waals surface area contributed by atoms with Crippen molar-refractivity contribution >= 4 is 6.29 Å². The Morgan fingerprint density at radius 1 is 0.615 bits per heavy atom. The molecule has 0 unspecified atom stereocenters. The Hall–Kier alpha value is -3.59. The molecule has 0 bridgehead atoms. The highest BCUT2D eigenvalue weighted by atomic mass is 16.1. The Morgan fingerprint density at radius 2 is 1.19 bits per heavy atom. The molecule has 26 heavy (non-hydrogen) atoms. The van der Waals surface area contributed by atoms with Gasteiger partial charge in [0.1, 0.15) is 0 Å². The van der Waals surface area contributed by atoms with E-state index in [4.69, 9.17) is 9.97 Å². The average molecular weight is 336 g/mol. The van der Waals surface area contributed by atoms with Crippen LogP contribution in [0.3, 0.4) is 0 Å². The van der Waals surface area contributed by atoms with E-state index in [0.717, 1.165) is 34.4 Å². The SMILES string of the molecule is O=Cc1ccccc1-c1cc(-c2ccccc2)nc(-c2ccccc2)n1. The topological polar surface area (TPSA) is 42.9 Å². The molecule has 124 valence electrons. The molecule has 0 N–H and O–H groups in total. The van der Waals surface area contributed by atoms with Gasteiger partial charge in [-0.1, -0.05) is 84.9 Å². The number of rotatable bonds is 4. The zero-order valence-corrected chi connectivity index (χ0v) is 14.0. The second kappa shape index (κ2) is 7.11. The molecule has 3 aromatic carbocycles. The lowest BCUT2D eigenvalue weighted by Crippen LogP contribution is -1.97. The molecule has 0 amide bonds. The number of nitrogens with zero attached hydrogens (tertiary/aromatic N) is 2. The number of hydrogen-bond acceptors (Lipinski definition) is 3. The van der Waals surface area contributed by atoms with Crippen molar-refractivity contribution in [2.45, 2.75) is 0 Å². The highest BCUT2D eigenvalue weighted by Crippen LogP contribution is 2.28. The van der Waals surface area contributed by atoms with Gasteiger partial charge in [-0.2, -0.15) is 0 Å². The number of aromatic nitrogens is 2. The monoisotopic (exact) mass is 336 g/mol. The van der Waals surface area contributed by atoms with Crippen LogP contribution in [0.5, 0.6) is 0 Å². The van der Waals surface area contributed by atoms with Crippen LogP contribution in [0.15, 0.2) is 91.0 Å². The summed E-state index contributed by atoms with van der Waals surface area (Å²) in [7, 11) is 0. The summed E-state index contributed by atoms with van der Waals surface area (Å²) in [4.78, 5) is 21.0. The molecular formula is C23H16N2O. The molecule has 0 saturated heterocycles. The quantitative estimate of drug-likeness (QED) is 0.476. The summed E-state index contributed by atoms with van der Waals surface area (Å²) < 4.78 is 0. The number of benzene rings is 3. The fraction of sp³-hybridized carbons (Fsp3) is 0. The molecular weight excluding hydrogens is 320 g/mol. The summed E-state index contributed by atoms with van der Waals surface area (Å²) in [6.07, 6.45) is 0.863. The fourth-order valence-corrected chi connectivity index (χ4v) is 2.89. The third kappa shape index (κ3) is 3.15. The van der Waals surface area contributed by atoms with Gasteiger partial charge < -0.3 is 0 Å². The molecule has 0 aliphatic heterocycles. The largest absolute Gasteiger partial charge is 0.298 e. The van der Waals surface area contributed by atoms with Crippen LogP contribution in [-0.4, -0.2) is 16.3 Å². The van der Waals surface area contributed by atoms with E-state index in [9.17, 15) is 4.79 Å². The van der Waals surface area contributed by atoms with Gasteiger partial charge in [-0.05, 0) is 6.07 Å². The van der Waals surface area contributed by atoms with Crippen LogP contribution < -0.4 is 0 Å². The summed E-state index contributed by atoms with van der Waals surface area (Å²) in [5.41, 5.74) is 4.94. The summed E-state index contributed by atoms with van der Waals surface area (Å²) in [6, 6.07) is 29.3. The molecule has 4 aromatic rings.